The molecule has 7 atom stereocenters. The summed E-state index contributed by atoms with van der Waals surface area (Å²) >= 11 is 0. The zero-order valence-corrected chi connectivity index (χ0v) is 16.3. The van der Waals surface area contributed by atoms with Crippen LogP contribution in [0.3, 0.4) is 0 Å². The van der Waals surface area contributed by atoms with Crippen molar-refractivity contribution in [3.05, 3.63) is 24.3 Å². The Morgan fingerprint density at radius 3 is 2.85 bits per heavy atom. The highest BCUT2D eigenvalue weighted by atomic mass is 16.6. The Hall–Kier alpha value is -1.17. The summed E-state index contributed by atoms with van der Waals surface area (Å²) in [6.45, 7) is 2.88. The molecule has 0 amide bonds. The van der Waals surface area contributed by atoms with Crippen LogP contribution in [-0.4, -0.2) is 47.2 Å². The number of aliphatic hydroxyl groups is 1. The number of hydrogen-bond acceptors (Lipinski definition) is 4. The molecular weight excluding hydrogens is 344 g/mol. The zero-order valence-electron chi connectivity index (χ0n) is 16.3. The number of allylic oxidation sites excluding steroid dienone is 1. The molecule has 27 heavy (non-hydrogen) atoms. The van der Waals surface area contributed by atoms with Gasteiger partial charge in [-0.2, -0.15) is 0 Å². The van der Waals surface area contributed by atoms with Gasteiger partial charge in [-0.25, -0.2) is 0 Å². The Bertz CT molecular complexity index is 543. The first-order valence-electron chi connectivity index (χ1n) is 10.6. The fourth-order valence-corrected chi connectivity index (χ4v) is 4.83. The van der Waals surface area contributed by atoms with Crippen LogP contribution in [0.4, 0.5) is 0 Å². The lowest BCUT2D eigenvalue weighted by atomic mass is 9.69. The Morgan fingerprint density at radius 2 is 2.07 bits per heavy atom. The molecule has 0 saturated carbocycles. The van der Waals surface area contributed by atoms with Gasteiger partial charge in [0, 0.05) is 30.6 Å². The van der Waals surface area contributed by atoms with E-state index in [1.165, 1.54) is 12.8 Å². The maximum absolute atomic E-state index is 10.6. The second kappa shape index (κ2) is 9.85. The third-order valence-corrected chi connectivity index (χ3v) is 6.22. The first-order chi connectivity index (χ1) is 13.1. The molecule has 0 aromatic heterocycles. The highest BCUT2D eigenvalue weighted by Crippen LogP contribution is 2.51. The van der Waals surface area contributed by atoms with Crippen LogP contribution in [0.15, 0.2) is 24.3 Å². The van der Waals surface area contributed by atoms with E-state index >= 15 is 0 Å². The van der Waals surface area contributed by atoms with Crippen LogP contribution in [0.2, 0.25) is 0 Å². The number of hydrogen-bond donors (Lipinski definition) is 2. The molecule has 5 heteroatoms. The van der Waals surface area contributed by atoms with Crippen LogP contribution in [0.5, 0.6) is 0 Å². The molecule has 3 rings (SSSR count). The standard InChI is InChI=1S/C22H34O5/c1-2-3-5-9-16(23)11-12-17-18-13-19-22(27-18)21(17)15(14-26-19)8-6-4-7-10-20(24)25/h6,8,11-12,15-19,21-23H,2-5,7,9-10,13-14H2,1H3,(H,24,25)/t15?,16-,17+,18+,19+,21-,22-/m0/s1. The SMILES string of the molecule is CCCCC[C@H](O)C=C[C@H]1[C@@H]2C(C=CCCCC(=O)O)CO[C@@H]3C[C@H]1O[C@H]23. The first-order valence-corrected chi connectivity index (χ1v) is 10.6. The summed E-state index contributed by atoms with van der Waals surface area (Å²) < 4.78 is 12.2. The summed E-state index contributed by atoms with van der Waals surface area (Å²) in [6.07, 6.45) is 15.5. The van der Waals surface area contributed by atoms with E-state index in [1.807, 2.05) is 6.08 Å². The smallest absolute Gasteiger partial charge is 0.303 e. The lowest BCUT2D eigenvalue weighted by Crippen LogP contribution is -2.47. The fraction of sp³-hybridized carbons (Fsp3) is 0.773. The molecule has 0 aromatic carbocycles. The van der Waals surface area contributed by atoms with Crippen molar-refractivity contribution < 1.29 is 24.5 Å². The van der Waals surface area contributed by atoms with Crippen molar-refractivity contribution >= 4 is 5.97 Å². The number of rotatable bonds is 11. The van der Waals surface area contributed by atoms with Crippen LogP contribution < -0.4 is 0 Å². The molecule has 0 radical (unpaired) electrons. The van der Waals surface area contributed by atoms with Crippen molar-refractivity contribution in [3.63, 3.8) is 0 Å². The van der Waals surface area contributed by atoms with Crippen LogP contribution in [0, 0.1) is 17.8 Å². The Balaban J connectivity index is 1.56. The van der Waals surface area contributed by atoms with Crippen LogP contribution >= 0.6 is 0 Å². The van der Waals surface area contributed by atoms with Crippen molar-refractivity contribution in [3.8, 4) is 0 Å². The molecule has 1 unspecified atom stereocenters. The van der Waals surface area contributed by atoms with E-state index in [9.17, 15) is 9.90 Å². The van der Waals surface area contributed by atoms with E-state index in [2.05, 4.69) is 25.2 Å². The maximum Gasteiger partial charge on any atom is 0.303 e. The lowest BCUT2D eigenvalue weighted by molar-refractivity contribution is -0.137. The Kier molecular flexibility index (Phi) is 7.50. The van der Waals surface area contributed by atoms with Gasteiger partial charge in [0.2, 0.25) is 0 Å². The number of carboxylic acids is 1. The third kappa shape index (κ3) is 5.21. The van der Waals surface area contributed by atoms with E-state index in [4.69, 9.17) is 14.6 Å². The van der Waals surface area contributed by atoms with Crippen molar-refractivity contribution in [2.45, 2.75) is 82.7 Å². The van der Waals surface area contributed by atoms with E-state index in [0.717, 1.165) is 25.7 Å². The molecule has 3 saturated heterocycles. The molecule has 3 aliphatic rings. The van der Waals surface area contributed by atoms with Gasteiger partial charge < -0.3 is 19.7 Å². The van der Waals surface area contributed by atoms with Gasteiger partial charge in [-0.15, -0.1) is 0 Å². The van der Waals surface area contributed by atoms with E-state index in [1.54, 1.807) is 0 Å². The molecule has 5 nitrogen and oxygen atoms in total. The average Bonchev–Trinajstić information content (AvgIpc) is 3.21. The summed E-state index contributed by atoms with van der Waals surface area (Å²) in [7, 11) is 0. The maximum atomic E-state index is 10.6. The van der Waals surface area contributed by atoms with Crippen molar-refractivity contribution in [1.82, 2.24) is 0 Å². The molecule has 3 fully saturated rings. The largest absolute Gasteiger partial charge is 0.481 e. The molecule has 0 aromatic rings. The van der Waals surface area contributed by atoms with Crippen LogP contribution in [0.25, 0.3) is 0 Å². The minimum Gasteiger partial charge on any atom is -0.481 e. The van der Waals surface area contributed by atoms with Gasteiger partial charge in [0.25, 0.3) is 0 Å². The topological polar surface area (TPSA) is 76.0 Å². The highest BCUT2D eigenvalue weighted by molar-refractivity contribution is 5.66. The molecule has 0 aliphatic carbocycles. The second-order valence-corrected chi connectivity index (χ2v) is 8.23. The van der Waals surface area contributed by atoms with E-state index in [-0.39, 0.29) is 30.8 Å². The quantitative estimate of drug-likeness (QED) is 0.423. The molecular formula is C22H34O5. The number of ether oxygens (including phenoxy) is 2. The number of carboxylic acid groups (broad SMARTS) is 1. The van der Waals surface area contributed by atoms with Crippen molar-refractivity contribution in [1.29, 1.82) is 0 Å². The minimum absolute atomic E-state index is 0.157. The molecule has 2 bridgehead atoms. The molecule has 3 aliphatic heterocycles. The molecule has 0 spiro atoms. The van der Waals surface area contributed by atoms with Gasteiger partial charge in [-0.05, 0) is 19.3 Å². The Labute approximate surface area is 162 Å². The summed E-state index contributed by atoms with van der Waals surface area (Å²) in [5, 5.41) is 19.0. The van der Waals surface area contributed by atoms with Crippen LogP contribution in [0.1, 0.15) is 58.3 Å². The zero-order chi connectivity index (χ0) is 19.2. The average molecular weight is 379 g/mol. The van der Waals surface area contributed by atoms with Gasteiger partial charge in [0.05, 0.1) is 31.0 Å². The third-order valence-electron chi connectivity index (χ3n) is 6.22. The molecule has 152 valence electrons. The van der Waals surface area contributed by atoms with Gasteiger partial charge >= 0.3 is 5.97 Å². The molecule has 3 heterocycles. The lowest BCUT2D eigenvalue weighted by Gasteiger charge is -2.40. The minimum atomic E-state index is -0.739. The highest BCUT2D eigenvalue weighted by Gasteiger charge is 2.57. The fourth-order valence-electron chi connectivity index (χ4n) is 4.83. The van der Waals surface area contributed by atoms with Crippen LogP contribution in [-0.2, 0) is 14.3 Å². The van der Waals surface area contributed by atoms with E-state index in [0.29, 0.717) is 30.8 Å². The van der Waals surface area contributed by atoms with Gasteiger partial charge in [0.15, 0.2) is 0 Å². The second-order valence-electron chi connectivity index (χ2n) is 8.23. The number of unbranched alkanes of at least 4 members (excludes halogenated alkanes) is 3. The number of carbonyl (C=O) groups is 1. The van der Waals surface area contributed by atoms with Crippen molar-refractivity contribution in [2.75, 3.05) is 6.61 Å². The predicted octanol–water partition coefficient (Wildman–Crippen LogP) is 3.71. The Morgan fingerprint density at radius 1 is 1.22 bits per heavy atom. The normalized spacial score (nSPS) is 36.1. The first kappa shape index (κ1) is 20.6. The van der Waals surface area contributed by atoms with Crippen molar-refractivity contribution in [2.24, 2.45) is 17.8 Å². The number of aliphatic hydroxyl groups excluding tert-OH is 1. The summed E-state index contributed by atoms with van der Waals surface area (Å²) in [6, 6.07) is 0. The molecule has 2 N–H and O–H groups in total. The predicted molar refractivity (Wildman–Crippen MR) is 103 cm³/mol. The number of aliphatic carboxylic acids is 1. The summed E-state index contributed by atoms with van der Waals surface area (Å²) in [5.41, 5.74) is 0. The van der Waals surface area contributed by atoms with Gasteiger partial charge in [-0.1, -0.05) is 50.5 Å². The number of fused-ring (bicyclic) bond motifs is 1. The monoisotopic (exact) mass is 378 g/mol. The van der Waals surface area contributed by atoms with E-state index < -0.39 is 5.97 Å². The van der Waals surface area contributed by atoms with Gasteiger partial charge in [-0.3, -0.25) is 4.79 Å². The summed E-state index contributed by atoms with van der Waals surface area (Å²) in [5.74, 6) is 0.298. The summed E-state index contributed by atoms with van der Waals surface area (Å²) in [4.78, 5) is 10.6. The van der Waals surface area contributed by atoms with Gasteiger partial charge in [0.1, 0.15) is 0 Å².